The van der Waals surface area contributed by atoms with Crippen LogP contribution in [0.5, 0.6) is 5.75 Å². The van der Waals surface area contributed by atoms with Gasteiger partial charge in [0, 0.05) is 53.5 Å². The van der Waals surface area contributed by atoms with Crippen LogP contribution in [0.1, 0.15) is 68.6 Å². The fourth-order valence-corrected chi connectivity index (χ4v) is 6.38. The monoisotopic (exact) mass is 599 g/mol. The van der Waals surface area contributed by atoms with Crippen molar-refractivity contribution in [3.63, 3.8) is 0 Å². The van der Waals surface area contributed by atoms with Gasteiger partial charge >= 0.3 is 0 Å². The standard InChI is InChI=1S/C31H39Cl2N5O3/c1-21-15-36(30(39)27-9-5-6-10-29(27)40-20-23-11-12-24(32)14-28(23)33)16-22(2)38(21)18-25-17-37(35-34-25)19-26-8-7-13-31(3,4)41-26/h5-6,9-12,14,17,21-22,26H,7-8,13,15-16,18-20H2,1-4H3/t21-,22+,26?. The minimum absolute atomic E-state index is 0.0393. The normalized spacial score (nSPS) is 23.0. The highest BCUT2D eigenvalue weighted by molar-refractivity contribution is 6.35. The van der Waals surface area contributed by atoms with Gasteiger partial charge in [-0.3, -0.25) is 9.69 Å². The van der Waals surface area contributed by atoms with Gasteiger partial charge in [-0.1, -0.05) is 46.6 Å². The van der Waals surface area contributed by atoms with Crippen molar-refractivity contribution >= 4 is 29.1 Å². The predicted octanol–water partition coefficient (Wildman–Crippen LogP) is 6.25. The maximum atomic E-state index is 13.7. The Morgan fingerprint density at radius 3 is 2.61 bits per heavy atom. The molecule has 3 atom stereocenters. The number of benzene rings is 2. The molecule has 220 valence electrons. The number of halogens is 2. The van der Waals surface area contributed by atoms with Crippen LogP contribution in [0.25, 0.3) is 0 Å². The van der Waals surface area contributed by atoms with Gasteiger partial charge in [-0.25, -0.2) is 4.68 Å². The second kappa shape index (κ2) is 12.7. The number of para-hydroxylation sites is 1. The van der Waals surface area contributed by atoms with Crippen molar-refractivity contribution in [2.45, 2.75) is 90.4 Å². The zero-order valence-electron chi connectivity index (χ0n) is 24.2. The van der Waals surface area contributed by atoms with Crippen LogP contribution < -0.4 is 4.74 Å². The Hall–Kier alpha value is -2.65. The number of aromatic nitrogens is 3. The quantitative estimate of drug-likeness (QED) is 0.305. The highest BCUT2D eigenvalue weighted by Crippen LogP contribution is 2.29. The van der Waals surface area contributed by atoms with Crippen molar-refractivity contribution in [3.8, 4) is 5.75 Å². The van der Waals surface area contributed by atoms with Crippen LogP contribution in [0, 0.1) is 0 Å². The van der Waals surface area contributed by atoms with Crippen molar-refractivity contribution < 1.29 is 14.3 Å². The first kappa shape index (κ1) is 29.8. The van der Waals surface area contributed by atoms with E-state index >= 15 is 0 Å². The molecular weight excluding hydrogens is 561 g/mol. The molecule has 1 aromatic heterocycles. The summed E-state index contributed by atoms with van der Waals surface area (Å²) in [6.07, 6.45) is 5.50. The minimum atomic E-state index is -0.0780. The van der Waals surface area contributed by atoms with Crippen molar-refractivity contribution in [2.24, 2.45) is 0 Å². The Bertz CT molecular complexity index is 1350. The van der Waals surface area contributed by atoms with Crippen LogP contribution in [-0.2, 0) is 24.4 Å². The molecule has 3 aromatic rings. The van der Waals surface area contributed by atoms with Crippen molar-refractivity contribution in [3.05, 3.63) is 75.5 Å². The molecule has 2 aliphatic heterocycles. The molecule has 3 heterocycles. The summed E-state index contributed by atoms with van der Waals surface area (Å²) in [5, 5.41) is 9.94. The molecule has 2 aliphatic rings. The van der Waals surface area contributed by atoms with E-state index in [1.807, 2.05) is 46.1 Å². The average Bonchev–Trinajstić information content (AvgIpc) is 3.36. The molecule has 0 saturated carbocycles. The summed E-state index contributed by atoms with van der Waals surface area (Å²) in [7, 11) is 0. The summed E-state index contributed by atoms with van der Waals surface area (Å²) in [5.41, 5.74) is 2.20. The van der Waals surface area contributed by atoms with Gasteiger partial charge in [0.2, 0.25) is 0 Å². The number of piperazine rings is 1. The van der Waals surface area contributed by atoms with E-state index < -0.39 is 0 Å². The lowest BCUT2D eigenvalue weighted by Crippen LogP contribution is -2.57. The molecule has 2 aromatic carbocycles. The average molecular weight is 601 g/mol. The number of ether oxygens (including phenoxy) is 2. The van der Waals surface area contributed by atoms with Gasteiger partial charge in [-0.2, -0.15) is 0 Å². The fourth-order valence-electron chi connectivity index (χ4n) is 5.92. The molecule has 41 heavy (non-hydrogen) atoms. The van der Waals surface area contributed by atoms with E-state index in [0.29, 0.717) is 41.0 Å². The van der Waals surface area contributed by atoms with Crippen molar-refractivity contribution in [1.29, 1.82) is 0 Å². The van der Waals surface area contributed by atoms with Crippen LogP contribution in [0.2, 0.25) is 10.0 Å². The molecule has 0 N–H and O–H groups in total. The Kier molecular flexibility index (Phi) is 9.24. The van der Waals surface area contributed by atoms with Crippen LogP contribution >= 0.6 is 23.2 Å². The van der Waals surface area contributed by atoms with Crippen LogP contribution in [0.3, 0.4) is 0 Å². The van der Waals surface area contributed by atoms with Crippen LogP contribution in [0.4, 0.5) is 0 Å². The number of nitrogens with zero attached hydrogens (tertiary/aromatic N) is 5. The van der Waals surface area contributed by atoms with Gasteiger partial charge in [0.05, 0.1) is 29.5 Å². The molecule has 0 aliphatic carbocycles. The van der Waals surface area contributed by atoms with Crippen LogP contribution in [-0.4, -0.2) is 67.6 Å². The van der Waals surface area contributed by atoms with E-state index in [0.717, 1.165) is 30.6 Å². The Balaban J connectivity index is 1.19. The number of carbonyl (C=O) groups is 1. The summed E-state index contributed by atoms with van der Waals surface area (Å²) < 4.78 is 14.2. The largest absolute Gasteiger partial charge is 0.488 e. The van der Waals surface area contributed by atoms with Gasteiger partial charge in [-0.05, 0) is 71.2 Å². The number of hydrogen-bond acceptors (Lipinski definition) is 6. The fraction of sp³-hybridized carbons (Fsp3) is 0.516. The van der Waals surface area contributed by atoms with E-state index in [9.17, 15) is 4.79 Å². The SMILES string of the molecule is C[C@@H]1CN(C(=O)c2ccccc2OCc2ccc(Cl)cc2Cl)C[C@H](C)N1Cc1cn(CC2CCCC(C)(C)O2)nn1. The lowest BCUT2D eigenvalue weighted by Gasteiger charge is -2.44. The Morgan fingerprint density at radius 1 is 1.12 bits per heavy atom. The maximum absolute atomic E-state index is 13.7. The lowest BCUT2D eigenvalue weighted by atomic mass is 9.95. The topological polar surface area (TPSA) is 72.7 Å². The molecule has 2 fully saturated rings. The van der Waals surface area contributed by atoms with Gasteiger partial charge in [0.25, 0.3) is 5.91 Å². The second-order valence-electron chi connectivity index (χ2n) is 11.9. The van der Waals surface area contributed by atoms with Crippen molar-refractivity contribution in [2.75, 3.05) is 13.1 Å². The third kappa shape index (κ3) is 7.41. The van der Waals surface area contributed by atoms with Gasteiger partial charge < -0.3 is 14.4 Å². The molecule has 0 bridgehead atoms. The summed E-state index contributed by atoms with van der Waals surface area (Å²) in [6, 6.07) is 13.0. The van der Waals surface area contributed by atoms with Gasteiger partial charge in [-0.15, -0.1) is 5.10 Å². The first-order valence-electron chi connectivity index (χ1n) is 14.4. The third-order valence-corrected chi connectivity index (χ3v) is 8.60. The molecular formula is C31H39Cl2N5O3. The number of carbonyl (C=O) groups excluding carboxylic acids is 1. The smallest absolute Gasteiger partial charge is 0.257 e. The minimum Gasteiger partial charge on any atom is -0.488 e. The molecule has 0 radical (unpaired) electrons. The number of amides is 1. The number of hydrogen-bond donors (Lipinski definition) is 0. The van der Waals surface area contributed by atoms with Gasteiger partial charge in [0.1, 0.15) is 12.4 Å². The van der Waals surface area contributed by atoms with E-state index in [-0.39, 0.29) is 36.3 Å². The summed E-state index contributed by atoms with van der Waals surface area (Å²) in [4.78, 5) is 18.0. The van der Waals surface area contributed by atoms with E-state index in [2.05, 4.69) is 42.9 Å². The summed E-state index contributed by atoms with van der Waals surface area (Å²) in [5.74, 6) is 0.496. The molecule has 5 rings (SSSR count). The molecule has 1 amide bonds. The van der Waals surface area contributed by atoms with E-state index in [1.54, 1.807) is 12.1 Å². The molecule has 0 spiro atoms. The number of rotatable bonds is 8. The van der Waals surface area contributed by atoms with Crippen LogP contribution in [0.15, 0.2) is 48.7 Å². The predicted molar refractivity (Wildman–Crippen MR) is 160 cm³/mol. The first-order chi connectivity index (χ1) is 19.6. The van der Waals surface area contributed by atoms with E-state index in [4.69, 9.17) is 32.7 Å². The first-order valence-corrected chi connectivity index (χ1v) is 15.1. The Labute approximate surface area is 252 Å². The highest BCUT2D eigenvalue weighted by atomic mass is 35.5. The maximum Gasteiger partial charge on any atom is 0.257 e. The lowest BCUT2D eigenvalue weighted by molar-refractivity contribution is -0.113. The molecule has 2 saturated heterocycles. The second-order valence-corrected chi connectivity index (χ2v) is 12.8. The van der Waals surface area contributed by atoms with Gasteiger partial charge in [0.15, 0.2) is 0 Å². The third-order valence-electron chi connectivity index (χ3n) is 8.02. The zero-order valence-corrected chi connectivity index (χ0v) is 25.7. The Morgan fingerprint density at radius 2 is 1.88 bits per heavy atom. The molecule has 8 nitrogen and oxygen atoms in total. The van der Waals surface area contributed by atoms with E-state index in [1.165, 1.54) is 6.42 Å². The highest BCUT2D eigenvalue weighted by Gasteiger charge is 2.34. The summed E-state index contributed by atoms with van der Waals surface area (Å²) >= 11 is 12.3. The zero-order chi connectivity index (χ0) is 29.1. The molecule has 10 heteroatoms. The molecule has 1 unspecified atom stereocenters. The summed E-state index contributed by atoms with van der Waals surface area (Å²) in [6.45, 7) is 11.5. The van der Waals surface area contributed by atoms with Crippen molar-refractivity contribution in [1.82, 2.24) is 24.8 Å².